The van der Waals surface area contributed by atoms with Crippen LogP contribution >= 0.6 is 0 Å². The van der Waals surface area contributed by atoms with Crippen LogP contribution in [0.4, 0.5) is 11.4 Å². The number of aliphatic carboxylic acids is 1. The Kier molecular flexibility index (Phi) is 6.28. The van der Waals surface area contributed by atoms with E-state index < -0.39 is 11.9 Å². The zero-order valence-corrected chi connectivity index (χ0v) is 18.8. The molecule has 0 amide bonds. The molecule has 5 heteroatoms. The standard InChI is InChI=1S/C28H27N3O2/c1-28(2)25(15-12-20(18-29)19-30-22-9-4-3-5-10-22)31(17-16-26(32)33)24-14-13-21-8-6-7-11-23(21)27(24)28/h3-15,19-20,25H,16-17H2,1-2H3,(H,32,33). The van der Waals surface area contributed by atoms with Gasteiger partial charge in [0.2, 0.25) is 0 Å². The van der Waals surface area contributed by atoms with Crippen LogP contribution in [0.3, 0.4) is 0 Å². The van der Waals surface area contributed by atoms with Gasteiger partial charge in [0.25, 0.3) is 0 Å². The average molecular weight is 438 g/mol. The Hall–Kier alpha value is -3.91. The molecule has 2 unspecified atom stereocenters. The number of fused-ring (bicyclic) bond motifs is 3. The van der Waals surface area contributed by atoms with Crippen molar-refractivity contribution >= 4 is 34.3 Å². The summed E-state index contributed by atoms with van der Waals surface area (Å²) in [6.45, 7) is 4.77. The van der Waals surface area contributed by atoms with Gasteiger partial charge in [-0.3, -0.25) is 9.79 Å². The van der Waals surface area contributed by atoms with Crippen molar-refractivity contribution in [1.29, 1.82) is 5.26 Å². The zero-order valence-electron chi connectivity index (χ0n) is 18.8. The number of carboxylic acids is 1. The quantitative estimate of drug-likeness (QED) is 0.370. The Bertz CT molecular complexity index is 1260. The predicted molar refractivity (Wildman–Crippen MR) is 133 cm³/mol. The maximum atomic E-state index is 11.4. The van der Waals surface area contributed by atoms with Gasteiger partial charge in [-0.15, -0.1) is 0 Å². The lowest BCUT2D eigenvalue weighted by atomic mass is 9.78. The van der Waals surface area contributed by atoms with Gasteiger partial charge >= 0.3 is 5.97 Å². The number of carbonyl (C=O) groups is 1. The van der Waals surface area contributed by atoms with Gasteiger partial charge in [0, 0.05) is 23.9 Å². The molecule has 1 aliphatic rings. The Balaban J connectivity index is 1.70. The number of hydrogen-bond donors (Lipinski definition) is 1. The second kappa shape index (κ2) is 9.30. The van der Waals surface area contributed by atoms with Crippen molar-refractivity contribution in [3.05, 3.63) is 84.4 Å². The van der Waals surface area contributed by atoms with Crippen LogP contribution in [0, 0.1) is 17.2 Å². The van der Waals surface area contributed by atoms with Gasteiger partial charge in [-0.05, 0) is 34.5 Å². The number of anilines is 1. The van der Waals surface area contributed by atoms with Crippen LogP contribution in [0.25, 0.3) is 10.8 Å². The molecule has 0 spiro atoms. The van der Waals surface area contributed by atoms with Gasteiger partial charge in [0.1, 0.15) is 0 Å². The monoisotopic (exact) mass is 437 g/mol. The van der Waals surface area contributed by atoms with E-state index in [1.165, 1.54) is 10.9 Å². The second-order valence-corrected chi connectivity index (χ2v) is 8.84. The van der Waals surface area contributed by atoms with Crippen LogP contribution in [0.15, 0.2) is 83.9 Å². The van der Waals surface area contributed by atoms with Crippen molar-refractivity contribution < 1.29 is 9.90 Å². The molecule has 1 heterocycles. The number of allylic oxidation sites excluding steroid dienone is 1. The smallest absolute Gasteiger partial charge is 0.305 e. The minimum Gasteiger partial charge on any atom is -0.481 e. The topological polar surface area (TPSA) is 76.7 Å². The number of carboxylic acid groups (broad SMARTS) is 1. The Labute approximate surface area is 194 Å². The molecule has 1 aliphatic heterocycles. The van der Waals surface area contributed by atoms with Crippen LogP contribution in [0.1, 0.15) is 25.8 Å². The number of hydrogen-bond acceptors (Lipinski definition) is 4. The number of rotatable bonds is 7. The van der Waals surface area contributed by atoms with E-state index in [0.717, 1.165) is 16.8 Å². The molecule has 5 nitrogen and oxygen atoms in total. The molecule has 0 bridgehead atoms. The third kappa shape index (κ3) is 4.51. The molecule has 33 heavy (non-hydrogen) atoms. The Morgan fingerprint density at radius 2 is 1.88 bits per heavy atom. The highest BCUT2D eigenvalue weighted by Crippen LogP contribution is 2.49. The summed E-state index contributed by atoms with van der Waals surface area (Å²) in [5.74, 6) is -1.31. The maximum absolute atomic E-state index is 11.4. The summed E-state index contributed by atoms with van der Waals surface area (Å²) in [6.07, 6.45) is 5.62. The van der Waals surface area contributed by atoms with E-state index >= 15 is 0 Å². The van der Waals surface area contributed by atoms with Crippen LogP contribution in [0.5, 0.6) is 0 Å². The van der Waals surface area contributed by atoms with E-state index in [9.17, 15) is 15.2 Å². The van der Waals surface area contributed by atoms with Crippen molar-refractivity contribution in [3.63, 3.8) is 0 Å². The Morgan fingerprint density at radius 1 is 1.15 bits per heavy atom. The molecule has 0 aromatic heterocycles. The lowest BCUT2D eigenvalue weighted by Gasteiger charge is -2.32. The number of nitriles is 1. The molecule has 0 aliphatic carbocycles. The number of nitrogens with zero attached hydrogens (tertiary/aromatic N) is 3. The molecule has 4 rings (SSSR count). The molecule has 3 aromatic carbocycles. The van der Waals surface area contributed by atoms with Gasteiger partial charge < -0.3 is 10.0 Å². The van der Waals surface area contributed by atoms with Gasteiger partial charge in [-0.2, -0.15) is 5.26 Å². The van der Waals surface area contributed by atoms with Crippen LogP contribution < -0.4 is 4.90 Å². The lowest BCUT2D eigenvalue weighted by molar-refractivity contribution is -0.136. The molecule has 0 saturated heterocycles. The van der Waals surface area contributed by atoms with Gasteiger partial charge in [-0.25, -0.2) is 0 Å². The fourth-order valence-electron chi connectivity index (χ4n) is 4.72. The van der Waals surface area contributed by atoms with Crippen LogP contribution in [-0.4, -0.2) is 29.9 Å². The first kappa shape index (κ1) is 22.3. The summed E-state index contributed by atoms with van der Waals surface area (Å²) in [7, 11) is 0. The molecular formula is C28H27N3O2. The molecule has 0 fully saturated rings. The first-order valence-electron chi connectivity index (χ1n) is 11.1. The van der Waals surface area contributed by atoms with Crippen molar-refractivity contribution in [2.75, 3.05) is 11.4 Å². The van der Waals surface area contributed by atoms with Crippen molar-refractivity contribution in [3.8, 4) is 6.07 Å². The minimum absolute atomic E-state index is 0.0455. The number of aliphatic imine (C=N–C) groups is 1. The van der Waals surface area contributed by atoms with Crippen molar-refractivity contribution in [2.45, 2.75) is 31.7 Å². The Morgan fingerprint density at radius 3 is 2.61 bits per heavy atom. The fraction of sp³-hybridized carbons (Fsp3) is 0.250. The number of benzene rings is 3. The normalized spacial score (nSPS) is 18.0. The highest BCUT2D eigenvalue weighted by atomic mass is 16.4. The minimum atomic E-state index is -0.824. The van der Waals surface area contributed by atoms with Gasteiger partial charge in [0.05, 0.1) is 30.1 Å². The summed E-state index contributed by atoms with van der Waals surface area (Å²) >= 11 is 0. The third-order valence-electron chi connectivity index (χ3n) is 6.29. The average Bonchev–Trinajstić information content (AvgIpc) is 3.04. The summed E-state index contributed by atoms with van der Waals surface area (Å²) in [4.78, 5) is 18.0. The summed E-state index contributed by atoms with van der Waals surface area (Å²) in [5.41, 5.74) is 2.80. The van der Waals surface area contributed by atoms with E-state index in [2.05, 4.69) is 54.1 Å². The molecule has 0 saturated carbocycles. The highest BCUT2D eigenvalue weighted by molar-refractivity contribution is 5.93. The lowest BCUT2D eigenvalue weighted by Crippen LogP contribution is -2.41. The number of para-hydroxylation sites is 1. The molecule has 0 radical (unpaired) electrons. The highest BCUT2D eigenvalue weighted by Gasteiger charge is 2.44. The summed E-state index contributed by atoms with van der Waals surface area (Å²) in [6, 6.07) is 24.2. The maximum Gasteiger partial charge on any atom is 0.305 e. The second-order valence-electron chi connectivity index (χ2n) is 8.84. The zero-order chi connectivity index (χ0) is 23.4. The van der Waals surface area contributed by atoms with E-state index in [-0.39, 0.29) is 17.9 Å². The molecular weight excluding hydrogens is 410 g/mol. The molecule has 1 N–H and O–H groups in total. The summed E-state index contributed by atoms with van der Waals surface area (Å²) in [5, 5.41) is 21.4. The summed E-state index contributed by atoms with van der Waals surface area (Å²) < 4.78 is 0. The predicted octanol–water partition coefficient (Wildman–Crippen LogP) is 5.88. The van der Waals surface area contributed by atoms with Gasteiger partial charge in [-0.1, -0.05) is 74.5 Å². The fourth-order valence-corrected chi connectivity index (χ4v) is 4.72. The van der Waals surface area contributed by atoms with E-state index in [4.69, 9.17) is 0 Å². The van der Waals surface area contributed by atoms with E-state index in [1.54, 1.807) is 6.21 Å². The third-order valence-corrected chi connectivity index (χ3v) is 6.29. The van der Waals surface area contributed by atoms with E-state index in [0.29, 0.717) is 6.54 Å². The largest absolute Gasteiger partial charge is 0.481 e. The molecule has 166 valence electrons. The van der Waals surface area contributed by atoms with Crippen LogP contribution in [0.2, 0.25) is 0 Å². The van der Waals surface area contributed by atoms with Crippen molar-refractivity contribution in [2.24, 2.45) is 10.9 Å². The van der Waals surface area contributed by atoms with Crippen molar-refractivity contribution in [1.82, 2.24) is 0 Å². The first-order valence-corrected chi connectivity index (χ1v) is 11.1. The van der Waals surface area contributed by atoms with E-state index in [1.807, 2.05) is 54.6 Å². The van der Waals surface area contributed by atoms with Crippen LogP contribution in [-0.2, 0) is 10.2 Å². The SMILES string of the molecule is CC1(C)c2c(ccc3ccccc23)N(CCC(=O)O)C1C=CC(C#N)C=Nc1ccccc1. The molecule has 3 aromatic rings. The first-order chi connectivity index (χ1) is 15.9. The molecule has 2 atom stereocenters. The van der Waals surface area contributed by atoms with Gasteiger partial charge in [0.15, 0.2) is 0 Å².